The molecule has 2 unspecified atom stereocenters. The molecule has 6 heteroatoms. The van der Waals surface area contributed by atoms with Crippen LogP contribution < -0.4 is 10.1 Å². The first kappa shape index (κ1) is 19.5. The summed E-state index contributed by atoms with van der Waals surface area (Å²) in [5.41, 5.74) is 0.684. The molecule has 0 aliphatic carbocycles. The number of fused-ring (bicyclic) bond motifs is 2. The molecular formula is C18H26BrClN2O2. The highest BCUT2D eigenvalue weighted by Crippen LogP contribution is 2.30. The van der Waals surface area contributed by atoms with Gasteiger partial charge in [0.1, 0.15) is 5.75 Å². The van der Waals surface area contributed by atoms with Crippen molar-refractivity contribution < 1.29 is 9.53 Å². The lowest BCUT2D eigenvalue weighted by Crippen LogP contribution is -2.48. The summed E-state index contributed by atoms with van der Waals surface area (Å²) in [6.07, 6.45) is 4.69. The van der Waals surface area contributed by atoms with E-state index in [0.717, 1.165) is 23.1 Å². The van der Waals surface area contributed by atoms with Crippen molar-refractivity contribution in [1.82, 2.24) is 10.2 Å². The van der Waals surface area contributed by atoms with Crippen LogP contribution >= 0.6 is 28.3 Å². The van der Waals surface area contributed by atoms with Gasteiger partial charge in [-0.25, -0.2) is 0 Å². The van der Waals surface area contributed by atoms with Gasteiger partial charge in [0.05, 0.1) is 6.10 Å². The molecule has 2 saturated heterocycles. The van der Waals surface area contributed by atoms with Crippen molar-refractivity contribution in [3.63, 3.8) is 0 Å². The molecule has 2 fully saturated rings. The van der Waals surface area contributed by atoms with E-state index in [4.69, 9.17) is 4.74 Å². The summed E-state index contributed by atoms with van der Waals surface area (Å²) in [5, 5.41) is 3.63. The highest BCUT2D eigenvalue weighted by molar-refractivity contribution is 9.10. The molecule has 2 aliphatic heterocycles. The number of benzene rings is 1. The predicted molar refractivity (Wildman–Crippen MR) is 102 cm³/mol. The van der Waals surface area contributed by atoms with Crippen LogP contribution in [0.15, 0.2) is 22.7 Å². The second-order valence-electron chi connectivity index (χ2n) is 7.02. The molecular weight excluding hydrogens is 392 g/mol. The van der Waals surface area contributed by atoms with Gasteiger partial charge in [-0.2, -0.15) is 0 Å². The monoisotopic (exact) mass is 416 g/mol. The summed E-state index contributed by atoms with van der Waals surface area (Å²) >= 11 is 3.48. The standard InChI is InChI=1S/C18H25BrN2O2.ClH/c1-11(2)23-17-7-12(6-13(19)8-17)18(22)21(3)16-9-14-4-5-15(10-16)20-14;/h6-8,11,14-16,20H,4-5,9-10H2,1-3H3;1H. The van der Waals surface area contributed by atoms with Crippen LogP contribution in [0.3, 0.4) is 0 Å². The lowest BCUT2D eigenvalue weighted by molar-refractivity contribution is 0.0681. The van der Waals surface area contributed by atoms with Gasteiger partial charge in [0.15, 0.2) is 0 Å². The van der Waals surface area contributed by atoms with Crippen LogP contribution in [-0.4, -0.2) is 42.1 Å². The average molecular weight is 418 g/mol. The Morgan fingerprint density at radius 3 is 2.46 bits per heavy atom. The number of ether oxygens (including phenoxy) is 1. The maximum Gasteiger partial charge on any atom is 0.254 e. The van der Waals surface area contributed by atoms with Crippen LogP contribution in [-0.2, 0) is 0 Å². The second kappa shape index (κ2) is 8.07. The summed E-state index contributed by atoms with van der Waals surface area (Å²) in [4.78, 5) is 14.8. The number of nitrogens with zero attached hydrogens (tertiary/aromatic N) is 1. The Hall–Kier alpha value is -0.780. The number of carbonyl (C=O) groups excluding carboxylic acids is 1. The van der Waals surface area contributed by atoms with Crippen molar-refractivity contribution >= 4 is 34.2 Å². The van der Waals surface area contributed by atoms with Crippen LogP contribution in [0, 0.1) is 0 Å². The normalized spacial score (nSPS) is 25.3. The van der Waals surface area contributed by atoms with Crippen molar-refractivity contribution in [2.75, 3.05) is 7.05 Å². The highest BCUT2D eigenvalue weighted by atomic mass is 79.9. The average Bonchev–Trinajstić information content (AvgIpc) is 2.82. The Kier molecular flexibility index (Phi) is 6.57. The number of halogens is 2. The molecule has 2 heterocycles. The number of hydrogen-bond acceptors (Lipinski definition) is 3. The van der Waals surface area contributed by atoms with E-state index in [1.165, 1.54) is 12.8 Å². The van der Waals surface area contributed by atoms with Crippen LogP contribution in [0.5, 0.6) is 5.75 Å². The van der Waals surface area contributed by atoms with Crippen molar-refractivity contribution in [3.05, 3.63) is 28.2 Å². The summed E-state index contributed by atoms with van der Waals surface area (Å²) in [5.74, 6) is 0.808. The predicted octanol–water partition coefficient (Wildman–Crippen LogP) is 4.01. The Bertz CT molecular complexity index is 584. The molecule has 0 radical (unpaired) electrons. The summed E-state index contributed by atoms with van der Waals surface area (Å²) in [6, 6.07) is 7.12. The van der Waals surface area contributed by atoms with Gasteiger partial charge in [-0.15, -0.1) is 12.4 Å². The minimum Gasteiger partial charge on any atom is -0.491 e. The molecule has 3 rings (SSSR count). The first-order chi connectivity index (χ1) is 10.9. The minimum absolute atomic E-state index is 0. The molecule has 0 aromatic heterocycles. The lowest BCUT2D eigenvalue weighted by Gasteiger charge is -2.35. The van der Waals surface area contributed by atoms with Gasteiger partial charge in [-0.3, -0.25) is 4.79 Å². The molecule has 2 atom stereocenters. The Morgan fingerprint density at radius 2 is 1.88 bits per heavy atom. The Morgan fingerprint density at radius 1 is 1.25 bits per heavy atom. The SMILES string of the molecule is CC(C)Oc1cc(Br)cc(C(=O)N(C)C2CC3CCC(C2)N3)c1.Cl. The van der Waals surface area contributed by atoms with E-state index in [2.05, 4.69) is 21.2 Å². The van der Waals surface area contributed by atoms with Crippen LogP contribution in [0.4, 0.5) is 0 Å². The fraction of sp³-hybridized carbons (Fsp3) is 0.611. The van der Waals surface area contributed by atoms with Gasteiger partial charge in [-0.1, -0.05) is 15.9 Å². The zero-order valence-electron chi connectivity index (χ0n) is 14.4. The Labute approximate surface area is 158 Å². The fourth-order valence-corrected chi connectivity index (χ4v) is 4.21. The third-order valence-electron chi connectivity index (χ3n) is 4.81. The largest absolute Gasteiger partial charge is 0.491 e. The molecule has 2 aliphatic rings. The van der Waals surface area contributed by atoms with Crippen molar-refractivity contribution in [3.8, 4) is 5.75 Å². The molecule has 0 saturated carbocycles. The molecule has 1 N–H and O–H groups in total. The molecule has 0 spiro atoms. The van der Waals surface area contributed by atoms with E-state index >= 15 is 0 Å². The third kappa shape index (κ3) is 4.44. The maximum absolute atomic E-state index is 12.9. The third-order valence-corrected chi connectivity index (χ3v) is 5.26. The van der Waals surface area contributed by atoms with Crippen molar-refractivity contribution in [2.24, 2.45) is 0 Å². The number of rotatable bonds is 4. The van der Waals surface area contributed by atoms with Gasteiger partial charge < -0.3 is 15.0 Å². The van der Waals surface area contributed by atoms with Gasteiger partial charge in [0.2, 0.25) is 0 Å². The van der Waals surface area contributed by atoms with E-state index in [9.17, 15) is 4.79 Å². The second-order valence-corrected chi connectivity index (χ2v) is 7.94. The zero-order chi connectivity index (χ0) is 16.6. The van der Waals surface area contributed by atoms with Crippen LogP contribution in [0.25, 0.3) is 0 Å². The van der Waals surface area contributed by atoms with Crippen LogP contribution in [0.1, 0.15) is 49.9 Å². The summed E-state index contributed by atoms with van der Waals surface area (Å²) in [7, 11) is 1.93. The molecule has 4 nitrogen and oxygen atoms in total. The van der Waals surface area contributed by atoms with E-state index < -0.39 is 0 Å². The summed E-state index contributed by atoms with van der Waals surface area (Å²) < 4.78 is 6.62. The molecule has 1 amide bonds. The van der Waals surface area contributed by atoms with Gasteiger partial charge in [-0.05, 0) is 57.7 Å². The number of amides is 1. The van der Waals surface area contributed by atoms with E-state index in [0.29, 0.717) is 23.7 Å². The Balaban J connectivity index is 0.00000208. The van der Waals surface area contributed by atoms with E-state index in [-0.39, 0.29) is 24.4 Å². The molecule has 2 bridgehead atoms. The smallest absolute Gasteiger partial charge is 0.254 e. The molecule has 1 aromatic rings. The van der Waals surface area contributed by atoms with Gasteiger partial charge in [0, 0.05) is 35.2 Å². The van der Waals surface area contributed by atoms with Crippen molar-refractivity contribution in [2.45, 2.75) is 63.8 Å². The first-order valence-electron chi connectivity index (χ1n) is 8.43. The zero-order valence-corrected chi connectivity index (χ0v) is 16.8. The first-order valence-corrected chi connectivity index (χ1v) is 9.22. The van der Waals surface area contributed by atoms with E-state index in [1.54, 1.807) is 0 Å². The van der Waals surface area contributed by atoms with E-state index in [1.807, 2.05) is 44.0 Å². The molecule has 134 valence electrons. The summed E-state index contributed by atoms with van der Waals surface area (Å²) in [6.45, 7) is 3.97. The lowest BCUT2D eigenvalue weighted by atomic mass is 9.98. The molecule has 24 heavy (non-hydrogen) atoms. The highest BCUT2D eigenvalue weighted by Gasteiger charge is 2.36. The fourth-order valence-electron chi connectivity index (χ4n) is 3.74. The minimum atomic E-state index is 0. The topological polar surface area (TPSA) is 41.6 Å². The van der Waals surface area contributed by atoms with Gasteiger partial charge >= 0.3 is 0 Å². The number of hydrogen-bond donors (Lipinski definition) is 1. The van der Waals surface area contributed by atoms with Gasteiger partial charge in [0.25, 0.3) is 5.91 Å². The van der Waals surface area contributed by atoms with Crippen LogP contribution in [0.2, 0.25) is 0 Å². The number of carbonyl (C=O) groups is 1. The maximum atomic E-state index is 12.9. The number of piperidine rings is 1. The molecule has 1 aromatic carbocycles. The van der Waals surface area contributed by atoms with Crippen molar-refractivity contribution in [1.29, 1.82) is 0 Å². The quantitative estimate of drug-likeness (QED) is 0.804. The number of nitrogens with one attached hydrogen (secondary N) is 1.